The summed E-state index contributed by atoms with van der Waals surface area (Å²) in [7, 11) is 0. The van der Waals surface area contributed by atoms with Gasteiger partial charge in [-0.25, -0.2) is 15.0 Å². The molecule has 4 heterocycles. The number of nitrogens with zero attached hydrogens (tertiary/aromatic N) is 4. The first-order valence-electron chi connectivity index (χ1n) is 19.8. The minimum Gasteiger partial charge on any atom is -0.456 e. The van der Waals surface area contributed by atoms with E-state index in [2.05, 4.69) is 120 Å². The molecule has 13 rings (SSSR count). The first kappa shape index (κ1) is 32.0. The van der Waals surface area contributed by atoms with Gasteiger partial charge in [0.1, 0.15) is 22.3 Å². The molecule has 0 aliphatic heterocycles. The number of aromatic nitrogens is 4. The highest BCUT2D eigenvalue weighted by Gasteiger charge is 2.23. The fraction of sp³-hybridized carbons (Fsp3) is 0. The van der Waals surface area contributed by atoms with Crippen LogP contribution in [0.1, 0.15) is 0 Å². The summed E-state index contributed by atoms with van der Waals surface area (Å²) in [4.78, 5) is 15.5. The summed E-state index contributed by atoms with van der Waals surface area (Å²) < 4.78 is 15.7. The predicted molar refractivity (Wildman–Crippen MR) is 240 cm³/mol. The highest BCUT2D eigenvalue weighted by Crippen LogP contribution is 2.44. The van der Waals surface area contributed by atoms with Gasteiger partial charge in [-0.3, -0.25) is 0 Å². The molecule has 0 atom stereocenters. The molecule has 59 heavy (non-hydrogen) atoms. The van der Waals surface area contributed by atoms with Crippen LogP contribution in [0, 0.1) is 0 Å². The first-order chi connectivity index (χ1) is 29.2. The largest absolute Gasteiger partial charge is 0.456 e. The predicted octanol–water partition coefficient (Wildman–Crippen LogP) is 14.1. The van der Waals surface area contributed by atoms with Gasteiger partial charge in [0, 0.05) is 54.9 Å². The van der Waals surface area contributed by atoms with Gasteiger partial charge >= 0.3 is 0 Å². The molecule has 0 bridgehead atoms. The molecule has 9 aromatic carbocycles. The van der Waals surface area contributed by atoms with E-state index in [4.69, 9.17) is 23.8 Å². The summed E-state index contributed by atoms with van der Waals surface area (Å²) in [6.45, 7) is 0. The monoisotopic (exact) mass is 754 g/mol. The topological polar surface area (TPSA) is 69.9 Å². The maximum absolute atomic E-state index is 7.06. The molecule has 274 valence electrons. The number of benzene rings is 9. The number of hydrogen-bond acceptors (Lipinski definition) is 5. The third-order valence-corrected chi connectivity index (χ3v) is 11.8. The van der Waals surface area contributed by atoms with E-state index in [1.807, 2.05) is 66.7 Å². The Labute approximate surface area is 336 Å². The van der Waals surface area contributed by atoms with E-state index >= 15 is 0 Å². The average Bonchev–Trinajstić information content (AvgIpc) is 3.97. The molecule has 0 saturated heterocycles. The molecule has 4 aromatic heterocycles. The smallest absolute Gasteiger partial charge is 0.167 e. The minimum absolute atomic E-state index is 0.530. The van der Waals surface area contributed by atoms with Crippen LogP contribution >= 0.6 is 0 Å². The van der Waals surface area contributed by atoms with Crippen LogP contribution in [0.3, 0.4) is 0 Å². The van der Waals surface area contributed by atoms with E-state index in [0.717, 1.165) is 88.1 Å². The maximum Gasteiger partial charge on any atom is 0.167 e. The number of hydrogen-bond donors (Lipinski definition) is 0. The zero-order valence-corrected chi connectivity index (χ0v) is 31.4. The van der Waals surface area contributed by atoms with Crippen LogP contribution in [0.5, 0.6) is 0 Å². The fourth-order valence-corrected chi connectivity index (χ4v) is 9.21. The molecule has 0 N–H and O–H groups in total. The van der Waals surface area contributed by atoms with Crippen LogP contribution in [0.4, 0.5) is 0 Å². The normalized spacial score (nSPS) is 12.1. The Kier molecular flexibility index (Phi) is 6.63. The highest BCUT2D eigenvalue weighted by atomic mass is 16.3. The van der Waals surface area contributed by atoms with Crippen molar-refractivity contribution >= 4 is 87.2 Å². The van der Waals surface area contributed by atoms with E-state index in [-0.39, 0.29) is 0 Å². The van der Waals surface area contributed by atoms with Crippen molar-refractivity contribution in [1.82, 2.24) is 19.5 Å². The lowest BCUT2D eigenvalue weighted by atomic mass is 10.0. The Hall–Kier alpha value is -8.09. The van der Waals surface area contributed by atoms with Crippen molar-refractivity contribution in [2.24, 2.45) is 0 Å². The Morgan fingerprint density at radius 3 is 1.85 bits per heavy atom. The van der Waals surface area contributed by atoms with Gasteiger partial charge in [0.2, 0.25) is 0 Å². The molecule has 6 nitrogen and oxygen atoms in total. The molecule has 0 saturated carbocycles. The fourth-order valence-electron chi connectivity index (χ4n) is 9.21. The molecule has 0 unspecified atom stereocenters. The van der Waals surface area contributed by atoms with Gasteiger partial charge < -0.3 is 13.4 Å². The minimum atomic E-state index is 0.530. The van der Waals surface area contributed by atoms with Gasteiger partial charge in [-0.1, -0.05) is 140 Å². The van der Waals surface area contributed by atoms with Gasteiger partial charge in [-0.05, 0) is 52.6 Å². The highest BCUT2D eigenvalue weighted by molar-refractivity contribution is 6.23. The summed E-state index contributed by atoms with van der Waals surface area (Å²) in [6.07, 6.45) is 0. The standard InChI is InChI=1S/C53H30N4O2/c1-2-14-31(15-3-1)51-54-52(39-23-13-27-46-49(39)37-21-9-11-26-45(37)58-46)56-53(55-51)40-24-12-22-38-48-36-20-7-6-18-34(36)44(30-47(48)59-50(38)40)57-42-25-10-8-19-35(42)41-28-32-16-4-5-17-33(32)29-43(41)57/h1-30H. The van der Waals surface area contributed by atoms with Crippen molar-refractivity contribution in [3.05, 3.63) is 182 Å². The van der Waals surface area contributed by atoms with E-state index in [9.17, 15) is 0 Å². The number of furan rings is 2. The maximum atomic E-state index is 7.06. The Balaban J connectivity index is 1.09. The number of fused-ring (bicyclic) bond motifs is 12. The van der Waals surface area contributed by atoms with Crippen molar-refractivity contribution in [3.8, 4) is 39.9 Å². The number of rotatable bonds is 4. The lowest BCUT2D eigenvalue weighted by Crippen LogP contribution is -2.00. The first-order valence-corrected chi connectivity index (χ1v) is 19.8. The van der Waals surface area contributed by atoms with Crippen LogP contribution < -0.4 is 0 Å². The SMILES string of the molecule is c1ccc(-c2nc(-c3cccc4c3oc3cc(-n5c6ccccc6c6cc7ccccc7cc65)c5ccccc5c34)nc(-c3cccc4oc5ccccc5c34)n2)cc1. The summed E-state index contributed by atoms with van der Waals surface area (Å²) >= 11 is 0. The second kappa shape index (κ2) is 12.2. The van der Waals surface area contributed by atoms with Crippen LogP contribution in [0.15, 0.2) is 191 Å². The van der Waals surface area contributed by atoms with E-state index < -0.39 is 0 Å². The molecule has 0 spiro atoms. The zero-order chi connectivity index (χ0) is 38.6. The van der Waals surface area contributed by atoms with Crippen molar-refractivity contribution in [2.45, 2.75) is 0 Å². The van der Waals surface area contributed by atoms with Gasteiger partial charge in [0.15, 0.2) is 17.5 Å². The lowest BCUT2D eigenvalue weighted by Gasteiger charge is -2.13. The van der Waals surface area contributed by atoms with Crippen LogP contribution in [-0.2, 0) is 0 Å². The summed E-state index contributed by atoms with van der Waals surface area (Å²) in [5.74, 6) is 1.67. The molecule has 6 heteroatoms. The van der Waals surface area contributed by atoms with Crippen molar-refractivity contribution in [3.63, 3.8) is 0 Å². The summed E-state index contributed by atoms with van der Waals surface area (Å²) in [5.41, 5.74) is 9.03. The average molecular weight is 755 g/mol. The molecule has 13 aromatic rings. The van der Waals surface area contributed by atoms with Gasteiger partial charge in [0.05, 0.1) is 22.3 Å². The van der Waals surface area contributed by atoms with E-state index in [1.54, 1.807) is 0 Å². The van der Waals surface area contributed by atoms with Crippen LogP contribution in [-0.4, -0.2) is 19.5 Å². The van der Waals surface area contributed by atoms with Crippen molar-refractivity contribution < 1.29 is 8.83 Å². The zero-order valence-electron chi connectivity index (χ0n) is 31.4. The van der Waals surface area contributed by atoms with E-state index in [0.29, 0.717) is 17.5 Å². The van der Waals surface area contributed by atoms with Crippen LogP contribution in [0.2, 0.25) is 0 Å². The summed E-state index contributed by atoms with van der Waals surface area (Å²) in [5, 5.41) is 11.1. The van der Waals surface area contributed by atoms with Gasteiger partial charge in [0.25, 0.3) is 0 Å². The number of para-hydroxylation sites is 3. The molecular weight excluding hydrogens is 725 g/mol. The van der Waals surface area contributed by atoms with Crippen LogP contribution in [0.25, 0.3) is 127 Å². The second-order valence-corrected chi connectivity index (χ2v) is 15.1. The van der Waals surface area contributed by atoms with E-state index in [1.165, 1.54) is 21.5 Å². The quantitative estimate of drug-likeness (QED) is 0.179. The molecule has 0 aliphatic carbocycles. The lowest BCUT2D eigenvalue weighted by molar-refractivity contribution is 0.668. The molecule has 0 radical (unpaired) electrons. The van der Waals surface area contributed by atoms with Crippen molar-refractivity contribution in [1.29, 1.82) is 0 Å². The Morgan fingerprint density at radius 1 is 0.356 bits per heavy atom. The van der Waals surface area contributed by atoms with Crippen molar-refractivity contribution in [2.75, 3.05) is 0 Å². The molecule has 0 amide bonds. The third kappa shape index (κ3) is 4.71. The third-order valence-electron chi connectivity index (χ3n) is 11.8. The van der Waals surface area contributed by atoms with Gasteiger partial charge in [-0.15, -0.1) is 0 Å². The Morgan fingerprint density at radius 2 is 0.983 bits per heavy atom. The van der Waals surface area contributed by atoms with Gasteiger partial charge in [-0.2, -0.15) is 0 Å². The molecular formula is C53H30N4O2. The summed E-state index contributed by atoms with van der Waals surface area (Å²) in [6, 6.07) is 63.2. The Bertz CT molecular complexity index is 3860. The molecule has 0 fully saturated rings. The second-order valence-electron chi connectivity index (χ2n) is 15.1. The molecule has 0 aliphatic rings.